The highest BCUT2D eigenvalue weighted by Crippen LogP contribution is 2.22. The third kappa shape index (κ3) is 9.55. The average Bonchev–Trinajstić information content (AvgIpc) is 2.85. The molecular formula is C14H26F3NO2. The molecular weight excluding hydrogens is 271 g/mol. The van der Waals surface area contributed by atoms with Crippen molar-refractivity contribution in [2.24, 2.45) is 0 Å². The zero-order valence-corrected chi connectivity index (χ0v) is 12.2. The zero-order valence-electron chi connectivity index (χ0n) is 12.2. The summed E-state index contributed by atoms with van der Waals surface area (Å²) in [6.07, 6.45) is -0.664. The summed E-state index contributed by atoms with van der Waals surface area (Å²) in [5.41, 5.74) is 0. The summed E-state index contributed by atoms with van der Waals surface area (Å²) in [5.74, 6) is 0. The monoisotopic (exact) mass is 297 g/mol. The number of hydrogen-bond donors (Lipinski definition) is 1. The fourth-order valence-electron chi connectivity index (χ4n) is 2.22. The topological polar surface area (TPSA) is 30.5 Å². The molecule has 0 radical (unpaired) electrons. The van der Waals surface area contributed by atoms with Crippen LogP contribution >= 0.6 is 0 Å². The lowest BCUT2D eigenvalue weighted by atomic mass is 10.1. The molecule has 0 bridgehead atoms. The minimum atomic E-state index is -4.03. The molecule has 0 amide bonds. The van der Waals surface area contributed by atoms with Crippen molar-refractivity contribution in [3.63, 3.8) is 0 Å². The van der Waals surface area contributed by atoms with Gasteiger partial charge in [-0.15, -0.1) is 0 Å². The molecule has 1 fully saturated rings. The van der Waals surface area contributed by atoms with Crippen molar-refractivity contribution in [3.8, 4) is 0 Å². The second-order valence-electron chi connectivity index (χ2n) is 5.43. The van der Waals surface area contributed by atoms with Crippen LogP contribution in [0, 0.1) is 0 Å². The SMILES string of the molecule is CC(CCCC(F)(F)F)NCCCOCC1CCCO1. The summed E-state index contributed by atoms with van der Waals surface area (Å²) in [5, 5.41) is 3.22. The first kappa shape index (κ1) is 17.7. The summed E-state index contributed by atoms with van der Waals surface area (Å²) >= 11 is 0. The maximum Gasteiger partial charge on any atom is 0.389 e. The third-order valence-electron chi connectivity index (χ3n) is 3.38. The highest BCUT2D eigenvalue weighted by Gasteiger charge is 2.26. The van der Waals surface area contributed by atoms with Gasteiger partial charge in [0.25, 0.3) is 0 Å². The minimum absolute atomic E-state index is 0.121. The van der Waals surface area contributed by atoms with Crippen LogP contribution in [-0.4, -0.2) is 44.7 Å². The summed E-state index contributed by atoms with van der Waals surface area (Å²) in [4.78, 5) is 0. The van der Waals surface area contributed by atoms with E-state index in [1.807, 2.05) is 6.92 Å². The van der Waals surface area contributed by atoms with Crippen molar-refractivity contribution in [1.29, 1.82) is 0 Å². The van der Waals surface area contributed by atoms with Crippen molar-refractivity contribution >= 4 is 0 Å². The van der Waals surface area contributed by atoms with Crippen LogP contribution in [0.1, 0.15) is 45.4 Å². The van der Waals surface area contributed by atoms with Gasteiger partial charge in [0.1, 0.15) is 0 Å². The van der Waals surface area contributed by atoms with Gasteiger partial charge >= 0.3 is 6.18 Å². The Labute approximate surface area is 119 Å². The van der Waals surface area contributed by atoms with Crippen molar-refractivity contribution in [1.82, 2.24) is 5.32 Å². The molecule has 3 nitrogen and oxygen atoms in total. The summed E-state index contributed by atoms with van der Waals surface area (Å²) < 4.78 is 46.9. The van der Waals surface area contributed by atoms with Crippen LogP contribution in [0.3, 0.4) is 0 Å². The van der Waals surface area contributed by atoms with E-state index in [1.165, 1.54) is 0 Å². The first-order chi connectivity index (χ1) is 9.47. The van der Waals surface area contributed by atoms with E-state index in [0.29, 0.717) is 19.6 Å². The number of halogens is 3. The zero-order chi connectivity index (χ0) is 14.8. The number of alkyl halides is 3. The van der Waals surface area contributed by atoms with Crippen LogP contribution in [0.25, 0.3) is 0 Å². The molecule has 20 heavy (non-hydrogen) atoms. The summed E-state index contributed by atoms with van der Waals surface area (Å²) in [7, 11) is 0. The van der Waals surface area contributed by atoms with E-state index in [-0.39, 0.29) is 18.6 Å². The normalized spacial score (nSPS) is 21.3. The van der Waals surface area contributed by atoms with E-state index in [4.69, 9.17) is 9.47 Å². The minimum Gasteiger partial charge on any atom is -0.379 e. The molecule has 0 saturated carbocycles. The molecule has 1 saturated heterocycles. The lowest BCUT2D eigenvalue weighted by Crippen LogP contribution is -2.28. The molecule has 6 heteroatoms. The van der Waals surface area contributed by atoms with Gasteiger partial charge in [-0.25, -0.2) is 0 Å². The average molecular weight is 297 g/mol. The third-order valence-corrected chi connectivity index (χ3v) is 3.38. The standard InChI is InChI=1S/C14H26F3NO2/c1-12(5-2-7-14(15,16)17)18-8-4-9-19-11-13-6-3-10-20-13/h12-13,18H,2-11H2,1H3. The van der Waals surface area contributed by atoms with E-state index in [9.17, 15) is 13.2 Å². The molecule has 0 aromatic rings. The Morgan fingerprint density at radius 2 is 2.15 bits per heavy atom. The Bertz CT molecular complexity index is 243. The fraction of sp³-hybridized carbons (Fsp3) is 1.00. The van der Waals surface area contributed by atoms with Crippen LogP contribution in [0.5, 0.6) is 0 Å². The lowest BCUT2D eigenvalue weighted by molar-refractivity contribution is -0.135. The Balaban J connectivity index is 1.85. The number of ether oxygens (including phenoxy) is 2. The second-order valence-corrected chi connectivity index (χ2v) is 5.43. The Morgan fingerprint density at radius 1 is 1.35 bits per heavy atom. The van der Waals surface area contributed by atoms with E-state index in [2.05, 4.69) is 5.32 Å². The molecule has 0 spiro atoms. The highest BCUT2D eigenvalue weighted by molar-refractivity contribution is 4.64. The van der Waals surface area contributed by atoms with Gasteiger partial charge in [-0.1, -0.05) is 0 Å². The molecule has 1 aliphatic rings. The maximum atomic E-state index is 12.0. The Morgan fingerprint density at radius 3 is 2.80 bits per heavy atom. The quantitative estimate of drug-likeness (QED) is 0.628. The fourth-order valence-corrected chi connectivity index (χ4v) is 2.22. The molecule has 2 atom stereocenters. The van der Waals surface area contributed by atoms with E-state index in [0.717, 1.165) is 32.4 Å². The molecule has 1 N–H and O–H groups in total. The van der Waals surface area contributed by atoms with Crippen LogP contribution in [0.2, 0.25) is 0 Å². The molecule has 1 rings (SSSR count). The van der Waals surface area contributed by atoms with Crippen LogP contribution in [0.4, 0.5) is 13.2 Å². The lowest BCUT2D eigenvalue weighted by Gasteiger charge is -2.15. The van der Waals surface area contributed by atoms with Gasteiger partial charge in [-0.3, -0.25) is 0 Å². The first-order valence-corrected chi connectivity index (χ1v) is 7.47. The van der Waals surface area contributed by atoms with E-state index >= 15 is 0 Å². The highest BCUT2D eigenvalue weighted by atomic mass is 19.4. The molecule has 120 valence electrons. The molecule has 0 aliphatic carbocycles. The second kappa shape index (κ2) is 9.58. The first-order valence-electron chi connectivity index (χ1n) is 7.47. The van der Waals surface area contributed by atoms with Crippen molar-refractivity contribution in [2.75, 3.05) is 26.4 Å². The van der Waals surface area contributed by atoms with E-state index in [1.54, 1.807) is 0 Å². The van der Waals surface area contributed by atoms with Gasteiger partial charge in [-0.05, 0) is 45.6 Å². The molecule has 0 aromatic heterocycles. The van der Waals surface area contributed by atoms with Crippen LogP contribution in [-0.2, 0) is 9.47 Å². The van der Waals surface area contributed by atoms with Gasteiger partial charge < -0.3 is 14.8 Å². The molecule has 1 heterocycles. The predicted octanol–water partition coefficient (Wildman–Crippen LogP) is 3.28. The van der Waals surface area contributed by atoms with Gasteiger partial charge in [-0.2, -0.15) is 13.2 Å². The van der Waals surface area contributed by atoms with E-state index < -0.39 is 12.6 Å². The number of nitrogens with one attached hydrogen (secondary N) is 1. The van der Waals surface area contributed by atoms with Crippen LogP contribution in [0.15, 0.2) is 0 Å². The van der Waals surface area contributed by atoms with Gasteiger partial charge in [0.15, 0.2) is 0 Å². The van der Waals surface area contributed by atoms with Gasteiger partial charge in [0.05, 0.1) is 12.7 Å². The largest absolute Gasteiger partial charge is 0.389 e. The number of hydrogen-bond acceptors (Lipinski definition) is 3. The molecule has 2 unspecified atom stereocenters. The smallest absolute Gasteiger partial charge is 0.379 e. The molecule has 1 aliphatic heterocycles. The van der Waals surface area contributed by atoms with Gasteiger partial charge in [0, 0.05) is 25.7 Å². The van der Waals surface area contributed by atoms with Gasteiger partial charge in [0.2, 0.25) is 0 Å². The maximum absolute atomic E-state index is 12.0. The van der Waals surface area contributed by atoms with Crippen molar-refractivity contribution in [2.45, 2.75) is 63.8 Å². The van der Waals surface area contributed by atoms with Crippen LogP contribution < -0.4 is 5.32 Å². The number of rotatable bonds is 10. The summed E-state index contributed by atoms with van der Waals surface area (Å²) in [6.45, 7) is 4.86. The summed E-state index contributed by atoms with van der Waals surface area (Å²) in [6, 6.07) is 0.121. The Hall–Kier alpha value is -0.330. The van der Waals surface area contributed by atoms with Crippen molar-refractivity contribution < 1.29 is 22.6 Å². The Kier molecular flexibility index (Phi) is 8.49. The van der Waals surface area contributed by atoms with Crippen molar-refractivity contribution in [3.05, 3.63) is 0 Å². The molecule has 0 aromatic carbocycles. The predicted molar refractivity (Wildman–Crippen MR) is 71.8 cm³/mol.